The lowest BCUT2D eigenvalue weighted by Crippen LogP contribution is -2.66. The van der Waals surface area contributed by atoms with Crippen molar-refractivity contribution in [3.63, 3.8) is 0 Å². The number of benzene rings is 2. The zero-order valence-electron chi connectivity index (χ0n) is 17.3. The number of ether oxygens (including phenoxy) is 1. The van der Waals surface area contributed by atoms with Crippen LogP contribution in [0, 0.1) is 6.92 Å². The number of hydrogen-bond acceptors (Lipinski definition) is 6. The van der Waals surface area contributed by atoms with Gasteiger partial charge in [-0.25, -0.2) is 0 Å². The summed E-state index contributed by atoms with van der Waals surface area (Å²) in [5.74, 6) is -6.87. The third-order valence-corrected chi connectivity index (χ3v) is 6.62. The van der Waals surface area contributed by atoms with Crippen molar-refractivity contribution in [2.45, 2.75) is 43.8 Å². The van der Waals surface area contributed by atoms with Gasteiger partial charge in [-0.1, -0.05) is 67.4 Å². The molecule has 1 aliphatic carbocycles. The van der Waals surface area contributed by atoms with E-state index in [-0.39, 0.29) is 29.0 Å². The summed E-state index contributed by atoms with van der Waals surface area (Å²) in [7, 11) is 0. The number of amides is 1. The van der Waals surface area contributed by atoms with Crippen LogP contribution in [0.2, 0.25) is 0 Å². The van der Waals surface area contributed by atoms with Gasteiger partial charge in [-0.05, 0) is 13.3 Å². The minimum absolute atomic E-state index is 0.00181. The summed E-state index contributed by atoms with van der Waals surface area (Å²) in [6.07, 6.45) is 1.21. The van der Waals surface area contributed by atoms with Gasteiger partial charge in [0.25, 0.3) is 17.5 Å². The zero-order valence-corrected chi connectivity index (χ0v) is 17.3. The lowest BCUT2D eigenvalue weighted by Gasteiger charge is -2.45. The lowest BCUT2D eigenvalue weighted by molar-refractivity contribution is -0.312. The second-order valence-electron chi connectivity index (χ2n) is 8.38. The molecule has 0 radical (unpaired) electrons. The highest BCUT2D eigenvalue weighted by Crippen LogP contribution is 2.67. The first-order valence-electron chi connectivity index (χ1n) is 10.4. The molecule has 1 saturated heterocycles. The Morgan fingerprint density at radius 2 is 1.61 bits per heavy atom. The summed E-state index contributed by atoms with van der Waals surface area (Å²) in [4.78, 5) is 27.5. The molecule has 0 aromatic heterocycles. The Morgan fingerprint density at radius 3 is 2.26 bits per heavy atom. The number of Topliss-reactive ketones (excluding diaryl/α,β-unsaturated/α-hetero) is 1. The molecule has 31 heavy (non-hydrogen) atoms. The normalized spacial score (nSPS) is 28.0. The van der Waals surface area contributed by atoms with E-state index in [9.17, 15) is 24.9 Å². The number of unbranched alkanes of at least 4 members (excludes halogenated alkanes) is 1. The van der Waals surface area contributed by atoms with Crippen LogP contribution < -0.4 is 0 Å². The standard InChI is InChI=1S/C24H23NO6/c1-3-4-13-25-21(27)19(26)18-20(15-11-9-14(2)10-12-15)31-24(30)17-8-6-5-7-16(17)23(28,29)22(18,24)25/h5-12,28-30H,3-4,13H2,1-2H3. The minimum atomic E-state index is -2.74. The molecule has 7 nitrogen and oxygen atoms in total. The van der Waals surface area contributed by atoms with Crippen molar-refractivity contribution in [2.75, 3.05) is 6.54 Å². The van der Waals surface area contributed by atoms with Crippen molar-refractivity contribution in [2.24, 2.45) is 0 Å². The molecule has 5 rings (SSSR count). The predicted octanol–water partition coefficient (Wildman–Crippen LogP) is 1.68. The lowest BCUT2D eigenvalue weighted by atomic mass is 9.78. The summed E-state index contributed by atoms with van der Waals surface area (Å²) in [6.45, 7) is 3.88. The first-order chi connectivity index (χ1) is 14.7. The van der Waals surface area contributed by atoms with E-state index in [1.165, 1.54) is 12.1 Å². The fourth-order valence-corrected chi connectivity index (χ4v) is 5.19. The third kappa shape index (κ3) is 2.13. The maximum atomic E-state index is 13.3. The van der Waals surface area contributed by atoms with E-state index in [4.69, 9.17) is 4.74 Å². The molecule has 1 fully saturated rings. The van der Waals surface area contributed by atoms with Gasteiger partial charge < -0.3 is 25.0 Å². The number of carbonyl (C=O) groups is 2. The number of ketones is 1. The number of nitrogens with zero attached hydrogens (tertiary/aromatic N) is 1. The van der Waals surface area contributed by atoms with Crippen molar-refractivity contribution in [1.82, 2.24) is 4.90 Å². The van der Waals surface area contributed by atoms with Crippen LogP contribution in [0.5, 0.6) is 0 Å². The molecular weight excluding hydrogens is 398 g/mol. The predicted molar refractivity (Wildman–Crippen MR) is 110 cm³/mol. The molecule has 2 heterocycles. The molecule has 2 aliphatic heterocycles. The maximum absolute atomic E-state index is 13.3. The topological polar surface area (TPSA) is 107 Å². The molecular formula is C24H23NO6. The van der Waals surface area contributed by atoms with Crippen LogP contribution in [-0.4, -0.2) is 44.0 Å². The second kappa shape index (κ2) is 6.26. The van der Waals surface area contributed by atoms with Crippen LogP contribution in [0.15, 0.2) is 54.1 Å². The summed E-state index contributed by atoms with van der Waals surface area (Å²) in [5, 5.41) is 34.9. The molecule has 1 spiro atoms. The number of aryl methyl sites for hydroxylation is 1. The largest absolute Gasteiger partial charge is 0.454 e. The van der Waals surface area contributed by atoms with Crippen LogP contribution in [0.25, 0.3) is 5.76 Å². The van der Waals surface area contributed by atoms with Crippen LogP contribution in [-0.2, 0) is 25.9 Å². The smallest absolute Gasteiger partial charge is 0.296 e. The number of hydrogen-bond donors (Lipinski definition) is 3. The van der Waals surface area contributed by atoms with Crippen LogP contribution in [0.4, 0.5) is 0 Å². The summed E-state index contributed by atoms with van der Waals surface area (Å²) >= 11 is 0. The Morgan fingerprint density at radius 1 is 0.968 bits per heavy atom. The van der Waals surface area contributed by atoms with Gasteiger partial charge in [-0.2, -0.15) is 0 Å². The molecule has 2 unspecified atom stereocenters. The fourth-order valence-electron chi connectivity index (χ4n) is 5.19. The van der Waals surface area contributed by atoms with Gasteiger partial charge in [0.2, 0.25) is 11.3 Å². The number of carbonyl (C=O) groups excluding carboxylic acids is 2. The van der Waals surface area contributed by atoms with Gasteiger partial charge in [0.15, 0.2) is 0 Å². The van der Waals surface area contributed by atoms with E-state index < -0.39 is 28.8 Å². The molecule has 3 N–H and O–H groups in total. The van der Waals surface area contributed by atoms with Crippen molar-refractivity contribution in [3.05, 3.63) is 76.4 Å². The van der Waals surface area contributed by atoms with E-state index in [0.717, 1.165) is 10.5 Å². The highest BCUT2D eigenvalue weighted by molar-refractivity contribution is 6.48. The Hall–Kier alpha value is -3.00. The van der Waals surface area contributed by atoms with Crippen LogP contribution in [0.1, 0.15) is 42.0 Å². The Kier molecular flexibility index (Phi) is 4.02. The van der Waals surface area contributed by atoms with Gasteiger partial charge in [-0.15, -0.1) is 0 Å². The van der Waals surface area contributed by atoms with Gasteiger partial charge in [0.05, 0.1) is 5.57 Å². The van der Waals surface area contributed by atoms with E-state index in [1.807, 2.05) is 26.0 Å². The molecule has 1 amide bonds. The van der Waals surface area contributed by atoms with Crippen molar-refractivity contribution in [1.29, 1.82) is 0 Å². The van der Waals surface area contributed by atoms with Gasteiger partial charge in [-0.3, -0.25) is 9.59 Å². The molecule has 3 aliphatic rings. The number of rotatable bonds is 4. The Bertz CT molecular complexity index is 1150. The number of aliphatic hydroxyl groups is 3. The van der Waals surface area contributed by atoms with E-state index >= 15 is 0 Å². The zero-order chi connectivity index (χ0) is 22.2. The molecule has 0 bridgehead atoms. The highest BCUT2D eigenvalue weighted by Gasteiger charge is 2.84. The molecule has 2 aromatic rings. The second-order valence-corrected chi connectivity index (χ2v) is 8.38. The third-order valence-electron chi connectivity index (χ3n) is 6.62. The monoisotopic (exact) mass is 421 g/mol. The molecule has 7 heteroatoms. The minimum Gasteiger partial charge on any atom is -0.454 e. The first-order valence-corrected chi connectivity index (χ1v) is 10.4. The van der Waals surface area contributed by atoms with E-state index in [0.29, 0.717) is 18.4 Å². The van der Waals surface area contributed by atoms with Crippen molar-refractivity contribution >= 4 is 17.4 Å². The fraction of sp³-hybridized carbons (Fsp3) is 0.333. The number of likely N-dealkylation sites (tertiary alicyclic amines) is 1. The Balaban J connectivity index is 1.86. The summed E-state index contributed by atoms with van der Waals surface area (Å²) < 4.78 is 6.05. The van der Waals surface area contributed by atoms with Gasteiger partial charge in [0.1, 0.15) is 5.76 Å². The average molecular weight is 421 g/mol. The van der Waals surface area contributed by atoms with Crippen LogP contribution >= 0.6 is 0 Å². The molecule has 2 aromatic carbocycles. The van der Waals surface area contributed by atoms with Crippen molar-refractivity contribution < 1.29 is 29.6 Å². The van der Waals surface area contributed by atoms with Gasteiger partial charge >= 0.3 is 0 Å². The highest BCUT2D eigenvalue weighted by atomic mass is 16.6. The molecule has 0 saturated carbocycles. The number of fused-ring (bicyclic) bond motifs is 2. The van der Waals surface area contributed by atoms with E-state index in [1.54, 1.807) is 24.3 Å². The van der Waals surface area contributed by atoms with Crippen molar-refractivity contribution in [3.8, 4) is 0 Å². The summed E-state index contributed by atoms with van der Waals surface area (Å²) in [6, 6.07) is 13.3. The van der Waals surface area contributed by atoms with Gasteiger partial charge in [0, 0.05) is 23.2 Å². The summed E-state index contributed by atoms with van der Waals surface area (Å²) in [5.41, 5.74) is -0.863. The van der Waals surface area contributed by atoms with E-state index in [2.05, 4.69) is 0 Å². The molecule has 160 valence electrons. The quantitative estimate of drug-likeness (QED) is 0.512. The van der Waals surface area contributed by atoms with Crippen LogP contribution in [0.3, 0.4) is 0 Å². The SMILES string of the molecule is CCCCN1C(=O)C(=O)C2=C(c3ccc(C)cc3)OC3(O)c4ccccc4C(O)(O)C213. The maximum Gasteiger partial charge on any atom is 0.296 e. The molecule has 2 atom stereocenters. The first kappa shape index (κ1) is 19.9. The Labute approximate surface area is 179 Å². The average Bonchev–Trinajstić information content (AvgIpc) is 3.22.